The Labute approximate surface area is 91.5 Å². The monoisotopic (exact) mass is 314 g/mol. The first-order valence-electron chi connectivity index (χ1n) is 2.91. The second-order valence-electron chi connectivity index (χ2n) is 1.83. The fourth-order valence-electron chi connectivity index (χ4n) is 0.606. The molecule has 0 fully saturated rings. The molecule has 0 atom stereocenters. The Morgan fingerprint density at radius 3 is 2.82 bits per heavy atom. The first kappa shape index (κ1) is 9.78. The highest BCUT2D eigenvalue weighted by molar-refractivity contribution is 9.10. The van der Waals surface area contributed by atoms with Gasteiger partial charge in [0.15, 0.2) is 0 Å². The molecule has 1 heterocycles. The molecule has 0 radical (unpaired) electrons. The number of rotatable bonds is 2. The van der Waals surface area contributed by atoms with Crippen molar-refractivity contribution in [3.8, 4) is 0 Å². The molecule has 0 saturated carbocycles. The molecule has 0 aromatic carbocycles. The SMILES string of the molecule is Clc1sc(/C=C/CBr)cc1Br. The lowest BCUT2D eigenvalue weighted by molar-refractivity contribution is 1.81. The van der Waals surface area contributed by atoms with Crippen molar-refractivity contribution in [2.75, 3.05) is 5.33 Å². The van der Waals surface area contributed by atoms with Gasteiger partial charge in [-0.2, -0.15) is 0 Å². The van der Waals surface area contributed by atoms with Crippen LogP contribution in [0, 0.1) is 0 Å². The van der Waals surface area contributed by atoms with E-state index >= 15 is 0 Å². The van der Waals surface area contributed by atoms with Crippen molar-refractivity contribution in [1.29, 1.82) is 0 Å². The summed E-state index contributed by atoms with van der Waals surface area (Å²) in [5.41, 5.74) is 0. The van der Waals surface area contributed by atoms with Gasteiger partial charge in [-0.25, -0.2) is 0 Å². The predicted molar refractivity (Wildman–Crippen MR) is 59.9 cm³/mol. The average Bonchev–Trinajstić information content (AvgIpc) is 2.28. The summed E-state index contributed by atoms with van der Waals surface area (Å²) < 4.78 is 1.78. The molecule has 0 nitrogen and oxygen atoms in total. The largest absolute Gasteiger partial charge is 0.123 e. The third-order valence-electron chi connectivity index (χ3n) is 1.04. The van der Waals surface area contributed by atoms with Crippen molar-refractivity contribution in [3.05, 3.63) is 25.8 Å². The number of alkyl halides is 1. The summed E-state index contributed by atoms with van der Waals surface area (Å²) in [6, 6.07) is 2.01. The quantitative estimate of drug-likeness (QED) is 0.701. The van der Waals surface area contributed by atoms with Gasteiger partial charge in [0, 0.05) is 14.7 Å². The van der Waals surface area contributed by atoms with E-state index in [0.29, 0.717) is 0 Å². The fraction of sp³-hybridized carbons (Fsp3) is 0.143. The van der Waals surface area contributed by atoms with Crippen molar-refractivity contribution in [2.45, 2.75) is 0 Å². The van der Waals surface area contributed by atoms with Crippen molar-refractivity contribution in [3.63, 3.8) is 0 Å². The van der Waals surface area contributed by atoms with Gasteiger partial charge in [-0.1, -0.05) is 33.6 Å². The van der Waals surface area contributed by atoms with E-state index < -0.39 is 0 Å². The zero-order chi connectivity index (χ0) is 8.27. The van der Waals surface area contributed by atoms with Gasteiger partial charge in [0.05, 0.1) is 0 Å². The summed E-state index contributed by atoms with van der Waals surface area (Å²) in [5, 5.41) is 0.875. The number of allylic oxidation sites excluding steroid dienone is 1. The number of hydrogen-bond acceptors (Lipinski definition) is 1. The van der Waals surface area contributed by atoms with Crippen LogP contribution in [0.15, 0.2) is 16.6 Å². The molecule has 0 bridgehead atoms. The summed E-state index contributed by atoms with van der Waals surface area (Å²) >= 11 is 14.0. The molecule has 0 spiro atoms. The molecule has 60 valence electrons. The maximum atomic E-state index is 5.83. The van der Waals surface area contributed by atoms with Crippen LogP contribution in [-0.2, 0) is 0 Å². The molecule has 0 unspecified atom stereocenters. The van der Waals surface area contributed by atoms with Crippen LogP contribution in [0.2, 0.25) is 4.34 Å². The Kier molecular flexibility index (Phi) is 4.13. The van der Waals surface area contributed by atoms with Crippen LogP contribution >= 0.6 is 54.8 Å². The van der Waals surface area contributed by atoms with Crippen LogP contribution in [-0.4, -0.2) is 5.33 Å². The van der Waals surface area contributed by atoms with Crippen LogP contribution in [0.4, 0.5) is 0 Å². The van der Waals surface area contributed by atoms with Crippen molar-refractivity contribution >= 4 is 60.9 Å². The summed E-state index contributed by atoms with van der Waals surface area (Å²) in [7, 11) is 0. The Balaban J connectivity index is 2.80. The van der Waals surface area contributed by atoms with Crippen LogP contribution in [0.25, 0.3) is 6.08 Å². The minimum atomic E-state index is 0.805. The molecule has 4 heteroatoms. The van der Waals surface area contributed by atoms with E-state index in [0.717, 1.165) is 14.1 Å². The van der Waals surface area contributed by atoms with Crippen molar-refractivity contribution < 1.29 is 0 Å². The lowest BCUT2D eigenvalue weighted by Crippen LogP contribution is -1.58. The standard InChI is InChI=1S/C7H5Br2ClS/c8-3-1-2-5-4-6(9)7(10)11-5/h1-2,4H,3H2/b2-1+. The van der Waals surface area contributed by atoms with Crippen LogP contribution in [0.1, 0.15) is 4.88 Å². The molecule has 0 aliphatic carbocycles. The van der Waals surface area contributed by atoms with E-state index in [1.165, 1.54) is 4.88 Å². The molecular formula is C7H5Br2ClS. The molecule has 0 amide bonds. The summed E-state index contributed by atoms with van der Waals surface area (Å²) in [5.74, 6) is 0. The topological polar surface area (TPSA) is 0 Å². The molecule has 1 aromatic heterocycles. The van der Waals surface area contributed by atoms with Crippen LogP contribution in [0.5, 0.6) is 0 Å². The molecule has 1 rings (SSSR count). The third-order valence-corrected chi connectivity index (χ3v) is 3.85. The van der Waals surface area contributed by atoms with E-state index in [-0.39, 0.29) is 0 Å². The molecule has 0 aliphatic heterocycles. The van der Waals surface area contributed by atoms with Gasteiger partial charge in [0.1, 0.15) is 4.34 Å². The highest BCUT2D eigenvalue weighted by Gasteiger charge is 2.00. The van der Waals surface area contributed by atoms with Gasteiger partial charge >= 0.3 is 0 Å². The molecule has 0 N–H and O–H groups in total. The molecule has 0 aliphatic rings. The highest BCUT2D eigenvalue weighted by atomic mass is 79.9. The zero-order valence-corrected chi connectivity index (χ0v) is 10.2. The summed E-state index contributed by atoms with van der Waals surface area (Å²) in [4.78, 5) is 1.17. The second kappa shape index (κ2) is 4.65. The molecular weight excluding hydrogens is 311 g/mol. The first-order valence-corrected chi connectivity index (χ1v) is 6.02. The van der Waals surface area contributed by atoms with E-state index in [9.17, 15) is 0 Å². The maximum Gasteiger partial charge on any atom is 0.108 e. The van der Waals surface area contributed by atoms with Gasteiger partial charge < -0.3 is 0 Å². The van der Waals surface area contributed by atoms with Gasteiger partial charge in [-0.05, 0) is 28.1 Å². The van der Waals surface area contributed by atoms with Crippen LogP contribution < -0.4 is 0 Å². The normalized spacial score (nSPS) is 11.2. The highest BCUT2D eigenvalue weighted by Crippen LogP contribution is 2.32. The van der Waals surface area contributed by atoms with Crippen molar-refractivity contribution in [2.24, 2.45) is 0 Å². The van der Waals surface area contributed by atoms with E-state index in [1.54, 1.807) is 11.3 Å². The number of hydrogen-bond donors (Lipinski definition) is 0. The van der Waals surface area contributed by atoms with Crippen LogP contribution in [0.3, 0.4) is 0 Å². The first-order chi connectivity index (χ1) is 5.24. The number of thiophene rings is 1. The fourth-order valence-corrected chi connectivity index (χ4v) is 2.46. The number of halogens is 3. The lowest BCUT2D eigenvalue weighted by Gasteiger charge is -1.78. The molecule has 1 aromatic rings. The summed E-state index contributed by atoms with van der Waals surface area (Å²) in [6.45, 7) is 0. The Morgan fingerprint density at radius 2 is 2.36 bits per heavy atom. The van der Waals surface area contributed by atoms with E-state index in [1.807, 2.05) is 18.2 Å². The van der Waals surface area contributed by atoms with Gasteiger partial charge in [-0.15, -0.1) is 11.3 Å². The zero-order valence-electron chi connectivity index (χ0n) is 5.48. The smallest absolute Gasteiger partial charge is 0.108 e. The minimum absolute atomic E-state index is 0.805. The molecule has 11 heavy (non-hydrogen) atoms. The predicted octanol–water partition coefficient (Wildman–Crippen LogP) is 4.57. The third kappa shape index (κ3) is 2.90. The Bertz CT molecular complexity index is 248. The summed E-state index contributed by atoms with van der Waals surface area (Å²) in [6.07, 6.45) is 4.07. The Morgan fingerprint density at radius 1 is 1.64 bits per heavy atom. The minimum Gasteiger partial charge on any atom is -0.123 e. The van der Waals surface area contributed by atoms with Crippen molar-refractivity contribution in [1.82, 2.24) is 0 Å². The lowest BCUT2D eigenvalue weighted by atomic mass is 10.4. The maximum absolute atomic E-state index is 5.83. The van der Waals surface area contributed by atoms with Gasteiger partial charge in [0.2, 0.25) is 0 Å². The van der Waals surface area contributed by atoms with Gasteiger partial charge in [-0.3, -0.25) is 0 Å². The van der Waals surface area contributed by atoms with E-state index in [4.69, 9.17) is 11.6 Å². The Hall–Kier alpha value is 0.690. The van der Waals surface area contributed by atoms with Gasteiger partial charge in [0.25, 0.3) is 0 Å². The average molecular weight is 316 g/mol. The molecule has 0 saturated heterocycles. The van der Waals surface area contributed by atoms with E-state index in [2.05, 4.69) is 31.9 Å². The second-order valence-corrected chi connectivity index (χ2v) is 5.01.